The lowest BCUT2D eigenvalue weighted by atomic mass is 9.92. The SMILES string of the molecule is C#CCN1C(=O)COc2cc(F)c(/N=c3\snc4n3CC(C)(C)C4)cc21.C/C(=N\NC(=O)Nc1cc(F)cc(F)c1)c1ncccc1C(=O)O.O=C(O)CNCP(=O)(O)O. The van der Waals surface area contributed by atoms with Crippen LogP contribution in [0.1, 0.15) is 42.6 Å². The molecule has 60 heavy (non-hydrogen) atoms. The number of anilines is 2. The maximum atomic E-state index is 14.5. The van der Waals surface area contributed by atoms with E-state index in [0.717, 1.165) is 30.9 Å². The highest BCUT2D eigenvalue weighted by molar-refractivity contribution is 7.51. The number of hydrazone groups is 1. The van der Waals surface area contributed by atoms with Crippen LogP contribution in [0.2, 0.25) is 0 Å². The van der Waals surface area contributed by atoms with Crippen LogP contribution in [0.3, 0.4) is 0 Å². The molecule has 19 nitrogen and oxygen atoms in total. The molecule has 2 aliphatic heterocycles. The summed E-state index contributed by atoms with van der Waals surface area (Å²) < 4.78 is 62.4. The van der Waals surface area contributed by atoms with E-state index < -0.39 is 55.8 Å². The molecule has 318 valence electrons. The third-order valence-corrected chi connectivity index (χ3v) is 9.27. The first-order chi connectivity index (χ1) is 28.2. The molecule has 0 spiro atoms. The Morgan fingerprint density at radius 3 is 2.45 bits per heavy atom. The van der Waals surface area contributed by atoms with Crippen LogP contribution in [-0.4, -0.2) is 89.5 Å². The van der Waals surface area contributed by atoms with Crippen LogP contribution in [0.15, 0.2) is 58.8 Å². The summed E-state index contributed by atoms with van der Waals surface area (Å²) in [7, 11) is -4.10. The Morgan fingerprint density at radius 2 is 1.82 bits per heavy atom. The van der Waals surface area contributed by atoms with Gasteiger partial charge < -0.3 is 34.6 Å². The fourth-order valence-corrected chi connectivity index (χ4v) is 6.55. The molecule has 0 radical (unpaired) electrons. The number of carboxylic acids is 2. The van der Waals surface area contributed by atoms with Gasteiger partial charge in [-0.2, -0.15) is 9.47 Å². The van der Waals surface area contributed by atoms with E-state index in [0.29, 0.717) is 22.3 Å². The summed E-state index contributed by atoms with van der Waals surface area (Å²) in [4.78, 5) is 71.4. The number of nitrogens with zero attached hydrogens (tertiary/aromatic N) is 6. The zero-order chi connectivity index (χ0) is 44.4. The van der Waals surface area contributed by atoms with Gasteiger partial charge in [0.15, 0.2) is 12.4 Å². The maximum Gasteiger partial charge on any atom is 0.339 e. The molecule has 4 heterocycles. The lowest BCUT2D eigenvalue weighted by molar-refractivity contribution is -0.135. The molecule has 0 bridgehead atoms. The zero-order valence-electron chi connectivity index (χ0n) is 31.8. The highest BCUT2D eigenvalue weighted by atomic mass is 32.1. The van der Waals surface area contributed by atoms with Crippen molar-refractivity contribution in [2.45, 2.75) is 33.7 Å². The minimum atomic E-state index is -4.10. The highest BCUT2D eigenvalue weighted by Crippen LogP contribution is 2.37. The number of amides is 3. The first kappa shape index (κ1) is 46.3. The molecule has 24 heteroatoms. The van der Waals surface area contributed by atoms with Crippen LogP contribution in [0.4, 0.5) is 35.0 Å². The van der Waals surface area contributed by atoms with Gasteiger partial charge in [-0.15, -0.1) is 6.42 Å². The number of terminal acetylenes is 1. The summed E-state index contributed by atoms with van der Waals surface area (Å²) in [6.45, 7) is 6.07. The molecule has 0 atom stereocenters. The fraction of sp³-hybridized carbons (Fsp3) is 0.278. The van der Waals surface area contributed by atoms with Crippen LogP contribution in [-0.2, 0) is 27.1 Å². The largest absolute Gasteiger partial charge is 0.481 e. The van der Waals surface area contributed by atoms with Gasteiger partial charge in [0.2, 0.25) is 4.80 Å². The van der Waals surface area contributed by atoms with Crippen LogP contribution in [0, 0.1) is 35.2 Å². The van der Waals surface area contributed by atoms with Crippen molar-refractivity contribution < 1.29 is 61.7 Å². The van der Waals surface area contributed by atoms with Gasteiger partial charge in [0.05, 0.1) is 36.3 Å². The van der Waals surface area contributed by atoms with Crippen molar-refractivity contribution in [2.75, 3.05) is 36.2 Å². The second-order valence-electron chi connectivity index (χ2n) is 13.4. The normalized spacial score (nSPS) is 14.2. The van der Waals surface area contributed by atoms with Gasteiger partial charge in [0.25, 0.3) is 5.91 Å². The van der Waals surface area contributed by atoms with Crippen molar-refractivity contribution in [3.63, 3.8) is 0 Å². The molecule has 0 saturated carbocycles. The minimum absolute atomic E-state index is 0.0758. The van der Waals surface area contributed by atoms with Crippen LogP contribution >= 0.6 is 19.1 Å². The van der Waals surface area contributed by atoms with Gasteiger partial charge in [-0.1, -0.05) is 19.8 Å². The molecule has 2 aromatic heterocycles. The molecule has 0 fully saturated rings. The number of aromatic nitrogens is 3. The van der Waals surface area contributed by atoms with E-state index in [4.69, 9.17) is 31.2 Å². The van der Waals surface area contributed by atoms with Crippen molar-refractivity contribution in [3.05, 3.63) is 88.0 Å². The molecule has 0 saturated heterocycles. The number of urea groups is 1. The first-order valence-electron chi connectivity index (χ1n) is 17.2. The van der Waals surface area contributed by atoms with Crippen molar-refractivity contribution in [1.29, 1.82) is 0 Å². The van der Waals surface area contributed by atoms with Gasteiger partial charge in [-0.05, 0) is 42.7 Å². The zero-order valence-corrected chi connectivity index (χ0v) is 33.6. The molecule has 0 unspecified atom stereocenters. The van der Waals surface area contributed by atoms with E-state index >= 15 is 0 Å². The van der Waals surface area contributed by atoms with E-state index in [1.165, 1.54) is 53.8 Å². The number of hydrogen-bond donors (Lipinski definition) is 7. The van der Waals surface area contributed by atoms with Gasteiger partial charge >= 0.3 is 25.6 Å². The molecule has 2 aliphatic rings. The van der Waals surface area contributed by atoms with E-state index in [9.17, 15) is 36.9 Å². The van der Waals surface area contributed by atoms with Crippen LogP contribution in [0.5, 0.6) is 5.75 Å². The number of ether oxygens (including phenoxy) is 1. The number of carbonyl (C=O) groups excluding carboxylic acids is 2. The summed E-state index contributed by atoms with van der Waals surface area (Å²) in [6.07, 6.45) is 7.00. The number of aliphatic carboxylic acids is 1. The standard InChI is InChI=1S/C18H17FN4O2S.C15H12F2N4O3.C3H8NO5P/c1-4-5-22-13-7-12(11(19)6-14(13)25-9-16(22)24)20-17-23-10-18(2,3)8-15(23)21-26-17;1-8(13-12(14(22)23)3-2-4-18-13)20-21-15(24)19-11-6-9(16)5-10(17)7-11;5-3(6)1-4-2-10(7,8)9/h1,6-7H,5,8-10H2,2-3H3;2-7H,1H3,(H,22,23)(H2,19,21,24);4H,1-2H2,(H,5,6)(H2,7,8,9)/b20-17-;20-8+;. The number of rotatable bonds is 10. The lowest BCUT2D eigenvalue weighted by Gasteiger charge is -2.28. The number of pyridine rings is 1. The van der Waals surface area contributed by atoms with Crippen molar-refractivity contribution in [1.82, 2.24) is 24.7 Å². The number of aromatic carboxylic acids is 1. The molecule has 0 aliphatic carbocycles. The number of carbonyl (C=O) groups is 4. The second kappa shape index (κ2) is 20.0. The first-order valence-corrected chi connectivity index (χ1v) is 19.8. The monoisotopic (exact) mass is 875 g/mol. The Kier molecular flexibility index (Phi) is 15.4. The van der Waals surface area contributed by atoms with E-state index in [1.54, 1.807) is 0 Å². The van der Waals surface area contributed by atoms with Crippen molar-refractivity contribution >= 4 is 65.8 Å². The molecule has 4 aromatic rings. The summed E-state index contributed by atoms with van der Waals surface area (Å²) in [5.41, 5.74) is 2.83. The number of nitrogens with one attached hydrogen (secondary N) is 3. The molecule has 3 amide bonds. The fourth-order valence-electron chi connectivity index (χ4n) is 5.39. The van der Waals surface area contributed by atoms with E-state index in [2.05, 4.69) is 55.3 Å². The Labute approximate surface area is 343 Å². The summed E-state index contributed by atoms with van der Waals surface area (Å²) in [6, 6.07) is 7.23. The third-order valence-electron chi connectivity index (χ3n) is 7.86. The number of halogens is 3. The third kappa shape index (κ3) is 13.3. The van der Waals surface area contributed by atoms with Gasteiger partial charge in [-0.25, -0.2) is 33.2 Å². The Hall–Kier alpha value is -6.44. The minimum Gasteiger partial charge on any atom is -0.481 e. The summed E-state index contributed by atoms with van der Waals surface area (Å²) in [5.74, 6) is -1.10. The molecule has 6 rings (SSSR count). The Bertz CT molecular complexity index is 2460. The second-order valence-corrected chi connectivity index (χ2v) is 15.8. The summed E-state index contributed by atoms with van der Waals surface area (Å²) in [5, 5.41) is 25.0. The topological polar surface area (TPSA) is 270 Å². The van der Waals surface area contributed by atoms with Crippen molar-refractivity contribution in [2.24, 2.45) is 15.5 Å². The lowest BCUT2D eigenvalue weighted by Crippen LogP contribution is -2.39. The smallest absolute Gasteiger partial charge is 0.339 e. The molecular formula is C36H37F3N9O10PS. The molecule has 7 N–H and O–H groups in total. The van der Waals surface area contributed by atoms with E-state index in [1.807, 2.05) is 4.57 Å². The predicted molar refractivity (Wildman–Crippen MR) is 210 cm³/mol. The van der Waals surface area contributed by atoms with Crippen LogP contribution < -0.4 is 30.5 Å². The Morgan fingerprint density at radius 1 is 1.12 bits per heavy atom. The number of carboxylic acid groups (broad SMARTS) is 2. The van der Waals surface area contributed by atoms with E-state index in [-0.39, 0.29) is 52.8 Å². The van der Waals surface area contributed by atoms with Crippen molar-refractivity contribution in [3.8, 4) is 18.1 Å². The molecular weight excluding hydrogens is 838 g/mol. The maximum absolute atomic E-state index is 14.5. The number of benzene rings is 2. The molecule has 2 aromatic carbocycles. The van der Waals surface area contributed by atoms with Crippen LogP contribution in [0.25, 0.3) is 0 Å². The number of hydrogen-bond acceptors (Lipinski definition) is 12. The summed E-state index contributed by atoms with van der Waals surface area (Å²) >= 11 is 1.24. The van der Waals surface area contributed by atoms with Gasteiger partial charge in [0, 0.05) is 48.5 Å². The van der Waals surface area contributed by atoms with Gasteiger partial charge in [-0.3, -0.25) is 29.4 Å². The average Bonchev–Trinajstić information content (AvgIpc) is 3.66. The van der Waals surface area contributed by atoms with Gasteiger partial charge in [0.1, 0.15) is 34.6 Å². The predicted octanol–water partition coefficient (Wildman–Crippen LogP) is 3.66. The Balaban J connectivity index is 0.000000218. The number of fused-ring (bicyclic) bond motifs is 2. The highest BCUT2D eigenvalue weighted by Gasteiger charge is 2.31. The quantitative estimate of drug-likeness (QED) is 0.0520. The average molecular weight is 876 g/mol.